The van der Waals surface area contributed by atoms with E-state index in [2.05, 4.69) is 10.0 Å². The van der Waals surface area contributed by atoms with Crippen molar-refractivity contribution in [1.29, 1.82) is 0 Å². The predicted octanol–water partition coefficient (Wildman–Crippen LogP) is 4.37. The molecule has 0 saturated heterocycles. The van der Waals surface area contributed by atoms with E-state index in [9.17, 15) is 13.2 Å². The van der Waals surface area contributed by atoms with Crippen LogP contribution in [0.4, 0.5) is 5.69 Å². The van der Waals surface area contributed by atoms with Crippen molar-refractivity contribution in [3.8, 4) is 11.5 Å². The summed E-state index contributed by atoms with van der Waals surface area (Å²) in [5.74, 6) is 0.952. The van der Waals surface area contributed by atoms with Gasteiger partial charge < -0.3 is 14.8 Å². The van der Waals surface area contributed by atoms with Gasteiger partial charge >= 0.3 is 0 Å². The van der Waals surface area contributed by atoms with E-state index < -0.39 is 10.0 Å². The van der Waals surface area contributed by atoms with Crippen LogP contribution < -0.4 is 19.5 Å². The van der Waals surface area contributed by atoms with Crippen molar-refractivity contribution in [2.75, 3.05) is 17.9 Å². The van der Waals surface area contributed by atoms with Crippen molar-refractivity contribution in [2.45, 2.75) is 31.7 Å². The average molecular weight is 467 g/mol. The molecule has 1 amide bonds. The molecule has 2 N–H and O–H groups in total. The Bertz CT molecular complexity index is 1300. The van der Waals surface area contributed by atoms with Crippen LogP contribution in [-0.2, 0) is 10.0 Å². The average Bonchev–Trinajstić information content (AvgIpc) is 2.78. The minimum absolute atomic E-state index is 0.0589. The number of rotatable bonds is 6. The molecule has 4 rings (SSSR count). The second kappa shape index (κ2) is 9.15. The highest BCUT2D eigenvalue weighted by Crippen LogP contribution is 2.32. The zero-order chi connectivity index (χ0) is 23.6. The molecule has 0 saturated carbocycles. The van der Waals surface area contributed by atoms with E-state index in [4.69, 9.17) is 9.47 Å². The van der Waals surface area contributed by atoms with E-state index in [1.807, 2.05) is 38.1 Å². The number of fused-ring (bicyclic) bond motifs is 1. The fourth-order valence-electron chi connectivity index (χ4n) is 3.64. The third kappa shape index (κ3) is 5.12. The molecule has 1 aliphatic heterocycles. The van der Waals surface area contributed by atoms with Crippen molar-refractivity contribution < 1.29 is 22.7 Å². The Morgan fingerprint density at radius 1 is 0.939 bits per heavy atom. The first-order valence-electron chi connectivity index (χ1n) is 10.6. The van der Waals surface area contributed by atoms with Crippen molar-refractivity contribution in [1.82, 2.24) is 5.32 Å². The number of sulfonamides is 1. The molecule has 8 heteroatoms. The lowest BCUT2D eigenvalue weighted by molar-refractivity contribution is 0.0939. The molecule has 3 aromatic rings. The Kier molecular flexibility index (Phi) is 6.29. The minimum Gasteiger partial charge on any atom is -0.486 e. The highest BCUT2D eigenvalue weighted by atomic mass is 32.2. The number of hydrogen-bond donors (Lipinski definition) is 2. The van der Waals surface area contributed by atoms with Crippen molar-refractivity contribution in [3.05, 3.63) is 82.9 Å². The lowest BCUT2D eigenvalue weighted by Crippen LogP contribution is -2.27. The maximum absolute atomic E-state index is 13.0. The fraction of sp³-hybridized carbons (Fsp3) is 0.240. The number of benzene rings is 3. The summed E-state index contributed by atoms with van der Waals surface area (Å²) in [6, 6.07) is 17.0. The van der Waals surface area contributed by atoms with Crippen molar-refractivity contribution in [2.24, 2.45) is 0 Å². The molecule has 172 valence electrons. The molecule has 0 spiro atoms. The van der Waals surface area contributed by atoms with E-state index >= 15 is 0 Å². The number of carbonyl (C=O) groups is 1. The summed E-state index contributed by atoms with van der Waals surface area (Å²) in [4.78, 5) is 13.0. The summed E-state index contributed by atoms with van der Waals surface area (Å²) in [5.41, 5.74) is 3.07. The summed E-state index contributed by atoms with van der Waals surface area (Å²) < 4.78 is 39.8. The van der Waals surface area contributed by atoms with Crippen LogP contribution in [0.5, 0.6) is 11.5 Å². The number of aryl methyl sites for hydroxylation is 2. The quantitative estimate of drug-likeness (QED) is 0.563. The molecule has 3 aromatic carbocycles. The first kappa shape index (κ1) is 22.7. The smallest absolute Gasteiger partial charge is 0.262 e. The molecule has 1 atom stereocenters. The largest absolute Gasteiger partial charge is 0.486 e. The minimum atomic E-state index is -3.87. The number of anilines is 1. The molecule has 1 heterocycles. The van der Waals surface area contributed by atoms with Gasteiger partial charge in [0.15, 0.2) is 11.5 Å². The van der Waals surface area contributed by atoms with Gasteiger partial charge in [-0.05, 0) is 73.9 Å². The number of carbonyl (C=O) groups excluding carboxylic acids is 1. The number of hydrogen-bond acceptors (Lipinski definition) is 5. The predicted molar refractivity (Wildman–Crippen MR) is 126 cm³/mol. The molecule has 0 aliphatic carbocycles. The monoisotopic (exact) mass is 466 g/mol. The van der Waals surface area contributed by atoms with E-state index in [0.717, 1.165) is 11.1 Å². The second-order valence-corrected chi connectivity index (χ2v) is 9.70. The van der Waals surface area contributed by atoms with Gasteiger partial charge in [0, 0.05) is 11.3 Å². The molecule has 0 unspecified atom stereocenters. The highest BCUT2D eigenvalue weighted by Gasteiger charge is 2.21. The molecule has 0 aromatic heterocycles. The van der Waals surface area contributed by atoms with Crippen LogP contribution in [0.1, 0.15) is 40.0 Å². The molecule has 1 aliphatic rings. The standard InChI is InChI=1S/C25H26N2O5S/c1-16-5-4-6-21(13-16)27-33(29,30)24-15-20(8-7-17(24)2)25(28)26-18(3)19-9-10-22-23(14-19)32-12-11-31-22/h4-10,13-15,18,27H,11-12H2,1-3H3,(H,26,28)/t18-/m1/s1. The van der Waals surface area contributed by atoms with E-state index in [1.54, 1.807) is 37.3 Å². The SMILES string of the molecule is Cc1cccc(NS(=O)(=O)c2cc(C(=O)N[C@H](C)c3ccc4c(c3)OCCO4)ccc2C)c1. The molecular weight excluding hydrogens is 440 g/mol. The number of amides is 1. The summed E-state index contributed by atoms with van der Waals surface area (Å²) in [7, 11) is -3.87. The Hall–Kier alpha value is -3.52. The summed E-state index contributed by atoms with van der Waals surface area (Å²) in [6.07, 6.45) is 0. The highest BCUT2D eigenvalue weighted by molar-refractivity contribution is 7.92. The molecule has 7 nitrogen and oxygen atoms in total. The van der Waals surface area contributed by atoms with Crippen LogP contribution >= 0.6 is 0 Å². The Balaban J connectivity index is 1.53. The van der Waals surface area contributed by atoms with Crippen molar-refractivity contribution >= 4 is 21.6 Å². The van der Waals surface area contributed by atoms with Crippen LogP contribution in [0, 0.1) is 13.8 Å². The van der Waals surface area contributed by atoms with Gasteiger partial charge in [-0.3, -0.25) is 9.52 Å². The lowest BCUT2D eigenvalue weighted by atomic mass is 10.1. The van der Waals surface area contributed by atoms with Gasteiger partial charge in [-0.15, -0.1) is 0 Å². The Labute approximate surface area is 193 Å². The van der Waals surface area contributed by atoms with Crippen LogP contribution in [0.25, 0.3) is 0 Å². The Morgan fingerprint density at radius 3 is 2.45 bits per heavy atom. The van der Waals surface area contributed by atoms with Gasteiger partial charge in [0.25, 0.3) is 15.9 Å². The van der Waals surface area contributed by atoms with Gasteiger partial charge in [-0.2, -0.15) is 0 Å². The van der Waals surface area contributed by atoms with E-state index in [-0.39, 0.29) is 22.4 Å². The van der Waals surface area contributed by atoms with Crippen LogP contribution in [-0.4, -0.2) is 27.5 Å². The zero-order valence-corrected chi connectivity index (χ0v) is 19.5. The zero-order valence-electron chi connectivity index (χ0n) is 18.7. The van der Waals surface area contributed by atoms with E-state index in [1.165, 1.54) is 6.07 Å². The maximum Gasteiger partial charge on any atom is 0.262 e. The van der Waals surface area contributed by atoms with Gasteiger partial charge in [0.05, 0.1) is 10.9 Å². The van der Waals surface area contributed by atoms with Gasteiger partial charge in [-0.25, -0.2) is 8.42 Å². The second-order valence-electron chi connectivity index (χ2n) is 8.05. The summed E-state index contributed by atoms with van der Waals surface area (Å²) in [5, 5.41) is 2.92. The number of nitrogens with one attached hydrogen (secondary N) is 2. The Morgan fingerprint density at radius 2 is 1.70 bits per heavy atom. The maximum atomic E-state index is 13.0. The molecule has 0 radical (unpaired) electrons. The summed E-state index contributed by atoms with van der Waals surface area (Å²) in [6.45, 7) is 6.43. The lowest BCUT2D eigenvalue weighted by Gasteiger charge is -2.21. The molecular formula is C25H26N2O5S. The first-order chi connectivity index (χ1) is 15.7. The normalized spacial score (nSPS) is 13.8. The fourth-order valence-corrected chi connectivity index (χ4v) is 4.96. The van der Waals surface area contributed by atoms with Gasteiger partial charge in [0.2, 0.25) is 0 Å². The molecule has 0 fully saturated rings. The number of ether oxygens (including phenoxy) is 2. The van der Waals surface area contributed by atoms with Crippen LogP contribution in [0.15, 0.2) is 65.6 Å². The van der Waals surface area contributed by atoms with Crippen molar-refractivity contribution in [3.63, 3.8) is 0 Å². The van der Waals surface area contributed by atoms with E-state index in [0.29, 0.717) is 36.0 Å². The van der Waals surface area contributed by atoms with Crippen LogP contribution in [0.3, 0.4) is 0 Å². The first-order valence-corrected chi connectivity index (χ1v) is 12.1. The molecule has 33 heavy (non-hydrogen) atoms. The molecule has 0 bridgehead atoms. The topological polar surface area (TPSA) is 93.7 Å². The van der Waals surface area contributed by atoms with Gasteiger partial charge in [-0.1, -0.05) is 24.3 Å². The summed E-state index contributed by atoms with van der Waals surface area (Å²) >= 11 is 0. The third-order valence-electron chi connectivity index (χ3n) is 5.42. The van der Waals surface area contributed by atoms with Crippen LogP contribution in [0.2, 0.25) is 0 Å². The van der Waals surface area contributed by atoms with Gasteiger partial charge in [0.1, 0.15) is 13.2 Å². The third-order valence-corrected chi connectivity index (χ3v) is 6.95.